The molecule has 0 spiro atoms. The quantitative estimate of drug-likeness (QED) is 0.491. The zero-order valence-corrected chi connectivity index (χ0v) is 18.4. The van der Waals surface area contributed by atoms with Gasteiger partial charge in [-0.1, -0.05) is 42.5 Å². The van der Waals surface area contributed by atoms with Gasteiger partial charge in [0.05, 0.1) is 33.0 Å². The number of carbonyl (C=O) groups is 2. The van der Waals surface area contributed by atoms with Gasteiger partial charge in [0.1, 0.15) is 0 Å². The molecule has 7 heteroatoms. The van der Waals surface area contributed by atoms with E-state index in [1.54, 1.807) is 43.4 Å². The fourth-order valence-corrected chi connectivity index (χ4v) is 4.29. The summed E-state index contributed by atoms with van der Waals surface area (Å²) in [5.74, 6) is 0.118. The Morgan fingerprint density at radius 2 is 1.84 bits per heavy atom. The van der Waals surface area contributed by atoms with Crippen LogP contribution in [0.3, 0.4) is 0 Å². The van der Waals surface area contributed by atoms with Gasteiger partial charge >= 0.3 is 0 Å². The SMILES string of the molecule is COc1ccc(C=CC(=O)C(=O)N2CC3OCCN(Cc4ccccc4)C3C2)cc1OC. The molecular weight excluding hydrogens is 408 g/mol. The molecule has 4 rings (SSSR count). The fraction of sp³-hybridized carbons (Fsp3) is 0.360. The molecule has 168 valence electrons. The molecule has 32 heavy (non-hydrogen) atoms. The highest BCUT2D eigenvalue weighted by Crippen LogP contribution is 2.28. The van der Waals surface area contributed by atoms with Gasteiger partial charge in [-0.15, -0.1) is 0 Å². The number of morpholine rings is 1. The highest BCUT2D eigenvalue weighted by molar-refractivity contribution is 6.41. The van der Waals surface area contributed by atoms with Crippen molar-refractivity contribution in [3.05, 3.63) is 65.7 Å². The minimum Gasteiger partial charge on any atom is -0.493 e. The Morgan fingerprint density at radius 3 is 2.59 bits per heavy atom. The first-order valence-corrected chi connectivity index (χ1v) is 10.7. The van der Waals surface area contributed by atoms with E-state index >= 15 is 0 Å². The van der Waals surface area contributed by atoms with E-state index < -0.39 is 11.7 Å². The number of methoxy groups -OCH3 is 2. The van der Waals surface area contributed by atoms with Crippen LogP contribution in [0.1, 0.15) is 11.1 Å². The zero-order valence-electron chi connectivity index (χ0n) is 18.4. The van der Waals surface area contributed by atoms with Gasteiger partial charge in [-0.25, -0.2) is 0 Å². The van der Waals surface area contributed by atoms with Crippen molar-refractivity contribution in [1.29, 1.82) is 0 Å². The van der Waals surface area contributed by atoms with Crippen LogP contribution in [-0.4, -0.2) is 74.1 Å². The number of fused-ring (bicyclic) bond motifs is 1. The van der Waals surface area contributed by atoms with Crippen molar-refractivity contribution in [1.82, 2.24) is 9.80 Å². The van der Waals surface area contributed by atoms with Crippen LogP contribution in [0.15, 0.2) is 54.6 Å². The Hall–Kier alpha value is -3.16. The van der Waals surface area contributed by atoms with E-state index in [1.807, 2.05) is 18.2 Å². The Kier molecular flexibility index (Phi) is 6.87. The lowest BCUT2D eigenvalue weighted by molar-refractivity contribution is -0.141. The van der Waals surface area contributed by atoms with Gasteiger partial charge in [0.25, 0.3) is 5.91 Å². The second-order valence-corrected chi connectivity index (χ2v) is 7.95. The number of hydrogen-bond acceptors (Lipinski definition) is 6. The zero-order chi connectivity index (χ0) is 22.5. The maximum Gasteiger partial charge on any atom is 0.294 e. The summed E-state index contributed by atoms with van der Waals surface area (Å²) in [5.41, 5.74) is 1.98. The summed E-state index contributed by atoms with van der Waals surface area (Å²) in [5, 5.41) is 0. The number of ketones is 1. The van der Waals surface area contributed by atoms with Crippen molar-refractivity contribution in [3.63, 3.8) is 0 Å². The number of nitrogens with zero attached hydrogens (tertiary/aromatic N) is 2. The summed E-state index contributed by atoms with van der Waals surface area (Å²) < 4.78 is 16.4. The predicted octanol–water partition coefficient (Wildman–Crippen LogP) is 2.40. The topological polar surface area (TPSA) is 68.3 Å². The van der Waals surface area contributed by atoms with Gasteiger partial charge in [-0.3, -0.25) is 14.5 Å². The van der Waals surface area contributed by atoms with Crippen LogP contribution in [0.4, 0.5) is 0 Å². The second kappa shape index (κ2) is 9.97. The molecule has 2 aliphatic rings. The van der Waals surface area contributed by atoms with Crippen LogP contribution < -0.4 is 9.47 Å². The average Bonchev–Trinajstić information content (AvgIpc) is 3.28. The Labute approximate surface area is 188 Å². The molecule has 2 aromatic carbocycles. The molecule has 2 aromatic rings. The van der Waals surface area contributed by atoms with Crippen LogP contribution in [0.5, 0.6) is 11.5 Å². The van der Waals surface area contributed by atoms with Crippen molar-refractivity contribution >= 4 is 17.8 Å². The van der Waals surface area contributed by atoms with E-state index in [9.17, 15) is 9.59 Å². The number of hydrogen-bond donors (Lipinski definition) is 0. The first-order valence-electron chi connectivity index (χ1n) is 10.7. The van der Waals surface area contributed by atoms with Crippen molar-refractivity contribution in [3.8, 4) is 11.5 Å². The van der Waals surface area contributed by atoms with Gasteiger partial charge in [0.2, 0.25) is 5.78 Å². The number of amides is 1. The Bertz CT molecular complexity index is 991. The summed E-state index contributed by atoms with van der Waals surface area (Å²) in [6, 6.07) is 15.7. The molecule has 2 unspecified atom stereocenters. The van der Waals surface area contributed by atoms with E-state index in [0.29, 0.717) is 31.2 Å². The summed E-state index contributed by atoms with van der Waals surface area (Å²) in [4.78, 5) is 29.3. The van der Waals surface area contributed by atoms with E-state index in [-0.39, 0.29) is 12.1 Å². The fourth-order valence-electron chi connectivity index (χ4n) is 4.29. The third-order valence-corrected chi connectivity index (χ3v) is 5.98. The van der Waals surface area contributed by atoms with Crippen LogP contribution in [0, 0.1) is 0 Å². The van der Waals surface area contributed by atoms with Crippen LogP contribution in [0.2, 0.25) is 0 Å². The molecule has 2 heterocycles. The van der Waals surface area contributed by atoms with Gasteiger partial charge in [0.15, 0.2) is 11.5 Å². The highest BCUT2D eigenvalue weighted by Gasteiger charge is 2.42. The van der Waals surface area contributed by atoms with E-state index in [0.717, 1.165) is 18.7 Å². The lowest BCUT2D eigenvalue weighted by atomic mass is 10.1. The van der Waals surface area contributed by atoms with Crippen LogP contribution in [-0.2, 0) is 20.9 Å². The van der Waals surface area contributed by atoms with Gasteiger partial charge in [-0.05, 0) is 29.3 Å². The molecular formula is C25H28N2O5. The molecule has 2 fully saturated rings. The normalized spacial score (nSPS) is 20.9. The van der Waals surface area contributed by atoms with Crippen molar-refractivity contribution in [2.45, 2.75) is 18.7 Å². The minimum absolute atomic E-state index is 0.0703. The third kappa shape index (κ3) is 4.84. The summed E-state index contributed by atoms with van der Waals surface area (Å²) in [7, 11) is 3.11. The van der Waals surface area contributed by atoms with Crippen LogP contribution in [0.25, 0.3) is 6.08 Å². The van der Waals surface area contributed by atoms with E-state index in [4.69, 9.17) is 14.2 Å². The number of rotatable bonds is 7. The molecule has 2 aliphatic heterocycles. The van der Waals surface area contributed by atoms with Crippen molar-refractivity contribution in [2.24, 2.45) is 0 Å². The van der Waals surface area contributed by atoms with Gasteiger partial charge < -0.3 is 19.1 Å². The average molecular weight is 437 g/mol. The Balaban J connectivity index is 1.39. The van der Waals surface area contributed by atoms with Crippen LogP contribution >= 0.6 is 0 Å². The molecule has 0 radical (unpaired) electrons. The molecule has 0 N–H and O–H groups in total. The smallest absolute Gasteiger partial charge is 0.294 e. The predicted molar refractivity (Wildman–Crippen MR) is 121 cm³/mol. The minimum atomic E-state index is -0.548. The number of carbonyl (C=O) groups excluding carboxylic acids is 2. The molecule has 0 saturated carbocycles. The second-order valence-electron chi connectivity index (χ2n) is 7.95. The molecule has 0 aromatic heterocycles. The molecule has 7 nitrogen and oxygen atoms in total. The largest absolute Gasteiger partial charge is 0.493 e. The lowest BCUT2D eigenvalue weighted by Crippen LogP contribution is -2.50. The Morgan fingerprint density at radius 1 is 1.06 bits per heavy atom. The summed E-state index contributed by atoms with van der Waals surface area (Å²) in [6.45, 7) is 3.17. The molecule has 0 aliphatic carbocycles. The maximum atomic E-state index is 12.8. The molecule has 2 atom stereocenters. The number of likely N-dealkylation sites (tertiary alicyclic amines) is 1. The molecule has 0 bridgehead atoms. The van der Waals surface area contributed by atoms with Gasteiger partial charge in [0, 0.05) is 26.2 Å². The van der Waals surface area contributed by atoms with Gasteiger partial charge in [-0.2, -0.15) is 0 Å². The summed E-state index contributed by atoms with van der Waals surface area (Å²) in [6.07, 6.45) is 2.86. The molecule has 2 saturated heterocycles. The van der Waals surface area contributed by atoms with Crippen molar-refractivity contribution in [2.75, 3.05) is 40.5 Å². The first-order chi connectivity index (χ1) is 15.6. The number of ether oxygens (including phenoxy) is 3. The number of benzene rings is 2. The molecule has 1 amide bonds. The standard InChI is InChI=1S/C25H28N2O5/c1-30-22-11-9-18(14-23(22)31-2)8-10-21(28)25(29)27-16-20-24(17-27)32-13-12-26(20)15-19-6-4-3-5-7-19/h3-11,14,20,24H,12-13,15-17H2,1-2H3. The maximum absolute atomic E-state index is 12.8. The third-order valence-electron chi connectivity index (χ3n) is 5.98. The van der Waals surface area contributed by atoms with E-state index in [1.165, 1.54) is 11.6 Å². The van der Waals surface area contributed by atoms with E-state index in [2.05, 4.69) is 17.0 Å². The lowest BCUT2D eigenvalue weighted by Gasteiger charge is -2.36. The monoisotopic (exact) mass is 436 g/mol. The highest BCUT2D eigenvalue weighted by atomic mass is 16.5. The first kappa shape index (κ1) is 22.0. The summed E-state index contributed by atoms with van der Waals surface area (Å²) >= 11 is 0. The van der Waals surface area contributed by atoms with Crippen molar-refractivity contribution < 1.29 is 23.8 Å².